The number of nitrogens with zero attached hydrogens (tertiary/aromatic N) is 1. The minimum atomic E-state index is -0.519. The third-order valence-corrected chi connectivity index (χ3v) is 3.96. The highest BCUT2D eigenvalue weighted by Gasteiger charge is 2.46. The molecular weight excluding hydrogens is 288 g/mol. The van der Waals surface area contributed by atoms with Gasteiger partial charge in [0.05, 0.1) is 13.2 Å². The van der Waals surface area contributed by atoms with Crippen LogP contribution in [-0.4, -0.2) is 19.1 Å². The fourth-order valence-corrected chi connectivity index (χ4v) is 2.68. The fraction of sp³-hybridized carbons (Fsp3) is 0.188. The summed E-state index contributed by atoms with van der Waals surface area (Å²) < 4.78 is 5.15. The van der Waals surface area contributed by atoms with Crippen LogP contribution in [0.5, 0.6) is 5.75 Å². The molecule has 0 radical (unpaired) electrons. The standard InChI is InChI=1S/C16H15ClN2O2/c1-21-13-8-2-10(3-9-13)15-14(18)16(20)19(15)12-6-4-11(17)5-7-12/h2-9,14-15H,18H2,1H3/t14-,15+/m0/s1. The van der Waals surface area contributed by atoms with E-state index in [0.29, 0.717) is 5.02 Å². The predicted octanol–water partition coefficient (Wildman–Crippen LogP) is 2.76. The Balaban J connectivity index is 1.92. The van der Waals surface area contributed by atoms with Gasteiger partial charge in [0.25, 0.3) is 0 Å². The van der Waals surface area contributed by atoms with E-state index in [2.05, 4.69) is 0 Å². The smallest absolute Gasteiger partial charge is 0.247 e. The van der Waals surface area contributed by atoms with Crippen molar-refractivity contribution >= 4 is 23.2 Å². The van der Waals surface area contributed by atoms with E-state index in [0.717, 1.165) is 17.0 Å². The molecule has 2 N–H and O–H groups in total. The van der Waals surface area contributed by atoms with Crippen molar-refractivity contribution in [3.8, 4) is 5.75 Å². The Kier molecular flexibility index (Phi) is 3.57. The first-order valence-electron chi connectivity index (χ1n) is 6.60. The molecule has 0 aromatic heterocycles. The molecule has 1 amide bonds. The van der Waals surface area contributed by atoms with Crippen LogP contribution in [0.15, 0.2) is 48.5 Å². The van der Waals surface area contributed by atoms with Crippen LogP contribution in [0, 0.1) is 0 Å². The van der Waals surface area contributed by atoms with E-state index in [-0.39, 0.29) is 11.9 Å². The number of nitrogens with two attached hydrogens (primary N) is 1. The highest BCUT2D eigenvalue weighted by Crippen LogP contribution is 2.38. The van der Waals surface area contributed by atoms with Crippen LogP contribution in [-0.2, 0) is 4.79 Å². The number of halogens is 1. The van der Waals surface area contributed by atoms with Crippen LogP contribution in [0.1, 0.15) is 11.6 Å². The van der Waals surface area contributed by atoms with E-state index in [9.17, 15) is 4.79 Å². The highest BCUT2D eigenvalue weighted by atomic mass is 35.5. The van der Waals surface area contributed by atoms with Crippen LogP contribution in [0.25, 0.3) is 0 Å². The number of amides is 1. The van der Waals surface area contributed by atoms with Gasteiger partial charge in [-0.05, 0) is 42.0 Å². The van der Waals surface area contributed by atoms with Crippen molar-refractivity contribution in [1.82, 2.24) is 0 Å². The van der Waals surface area contributed by atoms with Gasteiger partial charge < -0.3 is 15.4 Å². The average molecular weight is 303 g/mol. The molecule has 108 valence electrons. The zero-order valence-electron chi connectivity index (χ0n) is 11.5. The minimum Gasteiger partial charge on any atom is -0.497 e. The zero-order chi connectivity index (χ0) is 15.0. The Morgan fingerprint density at radius 2 is 1.71 bits per heavy atom. The average Bonchev–Trinajstić information content (AvgIpc) is 2.53. The molecule has 0 unspecified atom stereocenters. The third-order valence-electron chi connectivity index (χ3n) is 3.70. The maximum Gasteiger partial charge on any atom is 0.247 e. The lowest BCUT2D eigenvalue weighted by Crippen LogP contribution is -2.63. The Morgan fingerprint density at radius 1 is 1.10 bits per heavy atom. The van der Waals surface area contributed by atoms with Crippen molar-refractivity contribution in [2.24, 2.45) is 5.73 Å². The summed E-state index contributed by atoms with van der Waals surface area (Å²) in [6.45, 7) is 0. The van der Waals surface area contributed by atoms with Crippen LogP contribution in [0.4, 0.5) is 5.69 Å². The number of anilines is 1. The van der Waals surface area contributed by atoms with Crippen LogP contribution in [0.3, 0.4) is 0 Å². The number of benzene rings is 2. The van der Waals surface area contributed by atoms with Gasteiger partial charge in [-0.2, -0.15) is 0 Å². The van der Waals surface area contributed by atoms with Crippen LogP contribution < -0.4 is 15.4 Å². The summed E-state index contributed by atoms with van der Waals surface area (Å²) >= 11 is 5.89. The Bertz CT molecular complexity index is 655. The second-order valence-electron chi connectivity index (χ2n) is 4.93. The molecule has 1 saturated heterocycles. The molecule has 2 aromatic carbocycles. The number of rotatable bonds is 3. The Hall–Kier alpha value is -2.04. The molecular formula is C16H15ClN2O2. The van der Waals surface area contributed by atoms with Crippen LogP contribution in [0.2, 0.25) is 5.02 Å². The van der Waals surface area contributed by atoms with Gasteiger partial charge in [-0.1, -0.05) is 23.7 Å². The molecule has 0 aliphatic carbocycles. The quantitative estimate of drug-likeness (QED) is 0.887. The first kappa shape index (κ1) is 13.9. The summed E-state index contributed by atoms with van der Waals surface area (Å²) in [5, 5.41) is 0.636. The predicted molar refractivity (Wildman–Crippen MR) is 82.6 cm³/mol. The summed E-state index contributed by atoms with van der Waals surface area (Å²) in [7, 11) is 1.62. The van der Waals surface area contributed by atoms with Gasteiger partial charge in [0.1, 0.15) is 11.8 Å². The number of methoxy groups -OCH3 is 1. The van der Waals surface area contributed by atoms with E-state index in [1.807, 2.05) is 36.4 Å². The summed E-state index contributed by atoms with van der Waals surface area (Å²) in [4.78, 5) is 13.8. The number of hydrogen-bond acceptors (Lipinski definition) is 3. The number of β-lactam (4-membered cyclic amide) rings is 1. The van der Waals surface area contributed by atoms with Gasteiger partial charge in [0, 0.05) is 10.7 Å². The largest absolute Gasteiger partial charge is 0.497 e. The summed E-state index contributed by atoms with van der Waals surface area (Å²) in [6, 6.07) is 14.1. The Morgan fingerprint density at radius 3 is 2.29 bits per heavy atom. The van der Waals surface area contributed by atoms with Gasteiger partial charge in [-0.15, -0.1) is 0 Å². The molecule has 2 atom stereocenters. The van der Waals surface area contributed by atoms with Crippen molar-refractivity contribution in [2.45, 2.75) is 12.1 Å². The van der Waals surface area contributed by atoms with E-state index in [1.165, 1.54) is 0 Å². The number of carbonyl (C=O) groups is 1. The molecule has 3 rings (SSSR count). The molecule has 0 bridgehead atoms. The van der Waals surface area contributed by atoms with E-state index in [1.54, 1.807) is 24.1 Å². The number of ether oxygens (including phenoxy) is 1. The second kappa shape index (κ2) is 5.39. The van der Waals surface area contributed by atoms with Gasteiger partial charge in [-0.25, -0.2) is 0 Å². The summed E-state index contributed by atoms with van der Waals surface area (Å²) in [5.41, 5.74) is 7.76. The molecule has 1 fully saturated rings. The minimum absolute atomic E-state index is 0.0851. The summed E-state index contributed by atoms with van der Waals surface area (Å²) in [6.07, 6.45) is 0. The number of hydrogen-bond donors (Lipinski definition) is 1. The third kappa shape index (κ3) is 2.37. The first-order chi connectivity index (χ1) is 10.1. The van der Waals surface area contributed by atoms with Crippen LogP contribution >= 0.6 is 11.6 Å². The molecule has 0 saturated carbocycles. The lowest BCUT2D eigenvalue weighted by atomic mass is 9.88. The maximum atomic E-state index is 12.1. The summed E-state index contributed by atoms with van der Waals surface area (Å²) in [5.74, 6) is 0.689. The SMILES string of the molecule is COc1ccc([C@@H]2[C@H](N)C(=O)N2c2ccc(Cl)cc2)cc1. The second-order valence-corrected chi connectivity index (χ2v) is 5.36. The van der Waals surface area contributed by atoms with Crippen molar-refractivity contribution in [2.75, 3.05) is 12.0 Å². The zero-order valence-corrected chi connectivity index (χ0v) is 12.2. The van der Waals surface area contributed by atoms with Gasteiger partial charge >= 0.3 is 0 Å². The Labute approximate surface area is 128 Å². The van der Waals surface area contributed by atoms with Gasteiger partial charge in [0.15, 0.2) is 0 Å². The molecule has 5 heteroatoms. The van der Waals surface area contributed by atoms with Gasteiger partial charge in [-0.3, -0.25) is 4.79 Å². The monoisotopic (exact) mass is 302 g/mol. The molecule has 21 heavy (non-hydrogen) atoms. The number of carbonyl (C=O) groups excluding carboxylic acids is 1. The normalized spacial score (nSPS) is 21.1. The first-order valence-corrected chi connectivity index (χ1v) is 6.98. The van der Waals surface area contributed by atoms with Gasteiger partial charge in [0.2, 0.25) is 5.91 Å². The fourth-order valence-electron chi connectivity index (χ4n) is 2.56. The molecule has 1 heterocycles. The molecule has 2 aromatic rings. The lowest BCUT2D eigenvalue weighted by molar-refractivity contribution is -0.126. The van der Waals surface area contributed by atoms with E-state index >= 15 is 0 Å². The molecule has 1 aliphatic rings. The van der Waals surface area contributed by atoms with Crippen molar-refractivity contribution in [3.63, 3.8) is 0 Å². The van der Waals surface area contributed by atoms with E-state index < -0.39 is 6.04 Å². The highest BCUT2D eigenvalue weighted by molar-refractivity contribution is 6.30. The topological polar surface area (TPSA) is 55.6 Å². The lowest BCUT2D eigenvalue weighted by Gasteiger charge is -2.45. The van der Waals surface area contributed by atoms with Crippen molar-refractivity contribution in [3.05, 3.63) is 59.1 Å². The van der Waals surface area contributed by atoms with E-state index in [4.69, 9.17) is 22.1 Å². The molecule has 4 nitrogen and oxygen atoms in total. The molecule has 1 aliphatic heterocycles. The van der Waals surface area contributed by atoms with Crippen molar-refractivity contribution < 1.29 is 9.53 Å². The maximum absolute atomic E-state index is 12.1. The van der Waals surface area contributed by atoms with Crippen molar-refractivity contribution in [1.29, 1.82) is 0 Å². The molecule has 0 spiro atoms.